The zero-order valence-corrected chi connectivity index (χ0v) is 11.5. The summed E-state index contributed by atoms with van der Waals surface area (Å²) in [5.74, 6) is -0.517. The van der Waals surface area contributed by atoms with Crippen LogP contribution in [0.15, 0.2) is 24.3 Å². The van der Waals surface area contributed by atoms with Gasteiger partial charge in [-0.3, -0.25) is 4.79 Å². The molecule has 0 spiro atoms. The summed E-state index contributed by atoms with van der Waals surface area (Å²) in [7, 11) is 1.70. The molecule has 0 aliphatic rings. The van der Waals surface area contributed by atoms with Crippen molar-refractivity contribution in [2.45, 2.75) is 13.0 Å². The number of carbonyl (C=O) groups excluding carboxylic acids is 1. The lowest BCUT2D eigenvalue weighted by Gasteiger charge is -2.24. The van der Waals surface area contributed by atoms with Gasteiger partial charge in [0.1, 0.15) is 0 Å². The molecule has 4 nitrogen and oxygen atoms in total. The molecule has 0 aliphatic heterocycles. The highest BCUT2D eigenvalue weighted by Crippen LogP contribution is 2.14. The second-order valence-corrected chi connectivity index (χ2v) is 4.98. The number of nitrogens with zero attached hydrogens (tertiary/aromatic N) is 1. The standard InChI is InChI=1S/C13H17NO3S/c1-9(8-18-3)14(2)12(15)10-6-4-5-7-11(10)13(16)17/h4-7,9H,8H2,1-3H3,(H,16,17). The molecule has 5 heteroatoms. The number of carboxylic acids is 1. The normalized spacial score (nSPS) is 11.9. The molecule has 1 rings (SSSR count). The Labute approximate surface area is 111 Å². The van der Waals surface area contributed by atoms with Gasteiger partial charge in [-0.25, -0.2) is 4.79 Å². The van der Waals surface area contributed by atoms with E-state index < -0.39 is 5.97 Å². The van der Waals surface area contributed by atoms with E-state index in [2.05, 4.69) is 0 Å². The first-order chi connectivity index (χ1) is 8.49. The van der Waals surface area contributed by atoms with Gasteiger partial charge >= 0.3 is 5.97 Å². The number of hydrogen-bond donors (Lipinski definition) is 1. The average Bonchev–Trinajstić information content (AvgIpc) is 2.37. The number of thioether (sulfide) groups is 1. The van der Waals surface area contributed by atoms with Crippen molar-refractivity contribution in [3.8, 4) is 0 Å². The molecule has 0 aliphatic carbocycles. The lowest BCUT2D eigenvalue weighted by Crippen LogP contribution is -2.37. The fourth-order valence-corrected chi connectivity index (χ4v) is 2.31. The molecule has 1 atom stereocenters. The first kappa shape index (κ1) is 14.6. The Morgan fingerprint density at radius 1 is 1.33 bits per heavy atom. The molecule has 1 N–H and O–H groups in total. The monoisotopic (exact) mass is 267 g/mol. The van der Waals surface area contributed by atoms with Crippen LogP contribution >= 0.6 is 11.8 Å². The van der Waals surface area contributed by atoms with Crippen LogP contribution in [0.25, 0.3) is 0 Å². The van der Waals surface area contributed by atoms with Crippen LogP contribution in [-0.4, -0.2) is 47.0 Å². The van der Waals surface area contributed by atoms with E-state index in [1.165, 1.54) is 6.07 Å². The Bertz CT molecular complexity index is 448. The Kier molecular flexibility index (Phi) is 5.22. The molecule has 0 saturated heterocycles. The van der Waals surface area contributed by atoms with E-state index >= 15 is 0 Å². The smallest absolute Gasteiger partial charge is 0.336 e. The largest absolute Gasteiger partial charge is 0.478 e. The van der Waals surface area contributed by atoms with Gasteiger partial charge in [-0.2, -0.15) is 11.8 Å². The third-order valence-corrected chi connectivity index (χ3v) is 3.59. The van der Waals surface area contributed by atoms with Crippen LogP contribution in [-0.2, 0) is 0 Å². The highest BCUT2D eigenvalue weighted by Gasteiger charge is 2.21. The van der Waals surface area contributed by atoms with E-state index in [1.807, 2.05) is 13.2 Å². The van der Waals surface area contributed by atoms with Gasteiger partial charge in [0.2, 0.25) is 0 Å². The summed E-state index contributed by atoms with van der Waals surface area (Å²) in [4.78, 5) is 24.9. The SMILES string of the molecule is CSCC(C)N(C)C(=O)c1ccccc1C(=O)O. The van der Waals surface area contributed by atoms with Crippen LogP contribution in [0.5, 0.6) is 0 Å². The lowest BCUT2D eigenvalue weighted by molar-refractivity contribution is 0.0675. The van der Waals surface area contributed by atoms with Crippen LogP contribution < -0.4 is 0 Å². The molecule has 1 amide bonds. The molecule has 0 heterocycles. The quantitative estimate of drug-likeness (QED) is 0.888. The summed E-state index contributed by atoms with van der Waals surface area (Å²) in [5.41, 5.74) is 0.283. The maximum absolute atomic E-state index is 12.2. The number of carbonyl (C=O) groups is 2. The zero-order chi connectivity index (χ0) is 13.7. The molecule has 0 bridgehead atoms. The summed E-state index contributed by atoms with van der Waals surface area (Å²) >= 11 is 1.65. The van der Waals surface area contributed by atoms with Gasteiger partial charge in [-0.15, -0.1) is 0 Å². The van der Waals surface area contributed by atoms with Gasteiger partial charge < -0.3 is 10.0 Å². The van der Waals surface area contributed by atoms with Crippen LogP contribution in [0.4, 0.5) is 0 Å². The summed E-state index contributed by atoms with van der Waals surface area (Å²) in [6.07, 6.45) is 1.97. The number of benzene rings is 1. The van der Waals surface area contributed by atoms with E-state index in [-0.39, 0.29) is 23.1 Å². The Balaban J connectivity index is 3.00. The van der Waals surface area contributed by atoms with Crippen molar-refractivity contribution in [3.63, 3.8) is 0 Å². The second kappa shape index (κ2) is 6.44. The third-order valence-electron chi connectivity index (χ3n) is 2.78. The van der Waals surface area contributed by atoms with E-state index in [0.717, 1.165) is 5.75 Å². The van der Waals surface area contributed by atoms with Gasteiger partial charge in [0.05, 0.1) is 11.1 Å². The third kappa shape index (κ3) is 3.26. The molecule has 0 radical (unpaired) electrons. The summed E-state index contributed by atoms with van der Waals surface area (Å²) in [6.45, 7) is 1.94. The number of rotatable bonds is 5. The van der Waals surface area contributed by atoms with Crippen molar-refractivity contribution in [2.75, 3.05) is 19.1 Å². The van der Waals surface area contributed by atoms with E-state index in [0.29, 0.717) is 0 Å². The Morgan fingerprint density at radius 2 is 1.89 bits per heavy atom. The van der Waals surface area contributed by atoms with Crippen LogP contribution in [0, 0.1) is 0 Å². The molecular formula is C13H17NO3S. The second-order valence-electron chi connectivity index (χ2n) is 4.07. The molecule has 1 aromatic rings. The molecule has 0 fully saturated rings. The number of amides is 1. The minimum absolute atomic E-state index is 0.0469. The molecule has 0 aromatic heterocycles. The summed E-state index contributed by atoms with van der Waals surface area (Å²) in [6, 6.07) is 6.35. The molecule has 98 valence electrons. The first-order valence-corrected chi connectivity index (χ1v) is 6.96. The van der Waals surface area contributed by atoms with Gasteiger partial charge in [-0.05, 0) is 25.3 Å². The molecule has 0 saturated carbocycles. The number of carboxylic acid groups (broad SMARTS) is 1. The fourth-order valence-electron chi connectivity index (χ4n) is 1.60. The van der Waals surface area contributed by atoms with Gasteiger partial charge in [-0.1, -0.05) is 12.1 Å². The predicted octanol–water partition coefficient (Wildman–Crippen LogP) is 2.21. The Morgan fingerprint density at radius 3 is 2.39 bits per heavy atom. The fraction of sp³-hybridized carbons (Fsp3) is 0.385. The zero-order valence-electron chi connectivity index (χ0n) is 10.7. The lowest BCUT2D eigenvalue weighted by atomic mass is 10.1. The van der Waals surface area contributed by atoms with Crippen LogP contribution in [0.3, 0.4) is 0 Å². The number of hydrogen-bond acceptors (Lipinski definition) is 3. The van der Waals surface area contributed by atoms with E-state index in [1.54, 1.807) is 41.9 Å². The molecule has 1 aromatic carbocycles. The van der Waals surface area contributed by atoms with E-state index in [9.17, 15) is 9.59 Å². The maximum atomic E-state index is 12.2. The highest BCUT2D eigenvalue weighted by molar-refractivity contribution is 7.98. The maximum Gasteiger partial charge on any atom is 0.336 e. The summed E-state index contributed by atoms with van der Waals surface area (Å²) < 4.78 is 0. The molecule has 18 heavy (non-hydrogen) atoms. The van der Waals surface area contributed by atoms with E-state index in [4.69, 9.17) is 5.11 Å². The first-order valence-electron chi connectivity index (χ1n) is 5.57. The minimum Gasteiger partial charge on any atom is -0.478 e. The summed E-state index contributed by atoms with van der Waals surface area (Å²) in [5, 5.41) is 9.06. The van der Waals surface area contributed by atoms with Crippen LogP contribution in [0.1, 0.15) is 27.6 Å². The predicted molar refractivity (Wildman–Crippen MR) is 73.3 cm³/mol. The topological polar surface area (TPSA) is 57.6 Å². The highest BCUT2D eigenvalue weighted by atomic mass is 32.2. The minimum atomic E-state index is -1.08. The van der Waals surface area contributed by atoms with Crippen molar-refractivity contribution in [1.82, 2.24) is 4.90 Å². The average molecular weight is 267 g/mol. The number of aromatic carboxylic acids is 1. The van der Waals surface area contributed by atoms with Gasteiger partial charge in [0.15, 0.2) is 0 Å². The van der Waals surface area contributed by atoms with Crippen molar-refractivity contribution in [2.24, 2.45) is 0 Å². The van der Waals surface area contributed by atoms with Crippen molar-refractivity contribution < 1.29 is 14.7 Å². The molecule has 1 unspecified atom stereocenters. The van der Waals surface area contributed by atoms with Crippen molar-refractivity contribution in [1.29, 1.82) is 0 Å². The Hall–Kier alpha value is -1.49. The van der Waals surface area contributed by atoms with Gasteiger partial charge in [0.25, 0.3) is 5.91 Å². The van der Waals surface area contributed by atoms with Crippen molar-refractivity contribution >= 4 is 23.6 Å². The van der Waals surface area contributed by atoms with Crippen molar-refractivity contribution in [3.05, 3.63) is 35.4 Å². The van der Waals surface area contributed by atoms with Gasteiger partial charge in [0, 0.05) is 18.8 Å². The molecular weight excluding hydrogens is 250 g/mol. The van der Waals surface area contributed by atoms with Crippen LogP contribution in [0.2, 0.25) is 0 Å².